The van der Waals surface area contributed by atoms with Crippen LogP contribution in [0.25, 0.3) is 0 Å². The van der Waals surface area contributed by atoms with Gasteiger partial charge < -0.3 is 0 Å². The third kappa shape index (κ3) is 8.14. The Kier molecular flexibility index (Phi) is 9.76. The molecule has 0 radical (unpaired) electrons. The predicted molar refractivity (Wildman–Crippen MR) is 144 cm³/mol. The summed E-state index contributed by atoms with van der Waals surface area (Å²) in [6.45, 7) is 0. The van der Waals surface area contributed by atoms with Crippen molar-refractivity contribution in [3.05, 3.63) is 91.0 Å². The van der Waals surface area contributed by atoms with Crippen LogP contribution in [0.15, 0.2) is 91.0 Å². The normalized spacial score (nSPS) is 10.9. The zero-order valence-electron chi connectivity index (χ0n) is 12.6. The molecule has 0 unspecified atom stereocenters. The number of hydrogen-bond donors (Lipinski definition) is 0. The van der Waals surface area contributed by atoms with Gasteiger partial charge in [-0.2, -0.15) is 0 Å². The summed E-state index contributed by atoms with van der Waals surface area (Å²) in [7, 11) is -0.446. The van der Waals surface area contributed by atoms with Crippen molar-refractivity contribution in [2.75, 3.05) is 0 Å². The molecule has 24 heavy (non-hydrogen) atoms. The van der Waals surface area contributed by atoms with Crippen molar-refractivity contribution in [2.45, 2.75) is -2.56 Å². The predicted octanol–water partition coefficient (Wildman–Crippen LogP) is 6.78. The molecule has 0 spiro atoms. The van der Waals surface area contributed by atoms with Crippen molar-refractivity contribution in [1.29, 1.82) is 0 Å². The molecule has 0 aliphatic rings. The Balaban J connectivity index is 0.000000368. The summed E-state index contributed by atoms with van der Waals surface area (Å²) < 4.78 is 0.380. The van der Waals surface area contributed by atoms with Crippen LogP contribution < -0.4 is 15.9 Å². The molecule has 5 heteroatoms. The van der Waals surface area contributed by atoms with Gasteiger partial charge in [-0.25, -0.2) is 0 Å². The average Bonchev–Trinajstić information content (AvgIpc) is 2.57. The minimum Gasteiger partial charge on any atom is -0.0622 e. The van der Waals surface area contributed by atoms with Gasteiger partial charge in [-0.05, 0) is 114 Å². The van der Waals surface area contributed by atoms with Gasteiger partial charge in [0.15, 0.2) is -2.56 Å². The molecule has 0 fully saturated rings. The largest absolute Gasteiger partial charge is 0.174 e. The lowest BCUT2D eigenvalue weighted by molar-refractivity contribution is 1.74. The third-order valence-corrected chi connectivity index (χ3v) is 5.49. The number of hydrogen-bond acceptors (Lipinski definition) is 0. The minimum absolute atomic E-state index is 0.380. The summed E-state index contributed by atoms with van der Waals surface area (Å²) in [4.78, 5) is 0. The van der Waals surface area contributed by atoms with Crippen LogP contribution in [0.3, 0.4) is 0 Å². The lowest BCUT2D eigenvalue weighted by atomic mass is 10.4. The van der Waals surface area contributed by atoms with Crippen LogP contribution in [0.1, 0.15) is 0 Å². The van der Waals surface area contributed by atoms with E-state index >= 15 is 0 Å². The molecule has 124 valence electrons. The maximum absolute atomic E-state index is 2.34. The van der Waals surface area contributed by atoms with Gasteiger partial charge in [-0.15, -0.1) is 0 Å². The fourth-order valence-electron chi connectivity index (χ4n) is 2.18. The molecule has 0 nitrogen and oxygen atoms in total. The van der Waals surface area contributed by atoms with Crippen LogP contribution in [0.2, 0.25) is 0 Å². The minimum atomic E-state index is -0.446. The molecule has 3 rings (SSSR count). The van der Waals surface area contributed by atoms with E-state index in [1.165, 1.54) is 15.9 Å². The highest BCUT2D eigenvalue weighted by Crippen LogP contribution is 2.42. The van der Waals surface area contributed by atoms with Gasteiger partial charge in [0.2, 0.25) is 0 Å². The molecule has 3 aromatic carbocycles. The summed E-state index contributed by atoms with van der Waals surface area (Å²) in [6.07, 6.45) is 0. The van der Waals surface area contributed by atoms with E-state index in [0.717, 1.165) is 0 Å². The van der Waals surface area contributed by atoms with Crippen LogP contribution in [-0.4, -0.2) is -2.56 Å². The van der Waals surface area contributed by atoms with Crippen LogP contribution in [-0.2, 0) is 0 Å². The summed E-state index contributed by atoms with van der Waals surface area (Å²) in [6, 6.07) is 32.3. The molecular weight excluding hydrogens is 767 g/mol. The van der Waals surface area contributed by atoms with Gasteiger partial charge in [-0.3, -0.25) is 0 Å². The van der Waals surface area contributed by atoms with Crippen molar-refractivity contribution < 1.29 is 0 Å². The van der Waals surface area contributed by atoms with E-state index in [9.17, 15) is 0 Å². The molecule has 0 amide bonds. The Morgan fingerprint density at radius 3 is 0.875 bits per heavy atom. The van der Waals surface area contributed by atoms with E-state index in [0.29, 0.717) is -2.56 Å². The van der Waals surface area contributed by atoms with Gasteiger partial charge >= 0.3 is 0 Å². The van der Waals surface area contributed by atoms with Crippen LogP contribution >= 0.6 is 98.3 Å². The number of benzene rings is 3. The van der Waals surface area contributed by atoms with Crippen molar-refractivity contribution >= 4 is 114 Å². The first kappa shape index (κ1) is 21.3. The van der Waals surface area contributed by atoms with Gasteiger partial charge in [0.05, 0.1) is 0 Å². The smallest absolute Gasteiger partial charge is 0.0622 e. The van der Waals surface area contributed by atoms with Crippen molar-refractivity contribution in [3.8, 4) is 0 Å². The fourth-order valence-corrected chi connectivity index (χ4v) is 4.48. The van der Waals surface area contributed by atoms with Crippen LogP contribution in [0.4, 0.5) is 0 Å². The van der Waals surface area contributed by atoms with E-state index in [4.69, 9.17) is 0 Å². The monoisotopic (exact) mass is 782 g/mol. The maximum atomic E-state index is 2.34. The van der Waals surface area contributed by atoms with Gasteiger partial charge in [-0.1, -0.05) is 91.0 Å². The molecule has 0 saturated heterocycles. The van der Waals surface area contributed by atoms with E-state index in [1.54, 1.807) is 0 Å². The summed E-state index contributed by atoms with van der Waals surface area (Å²) in [5.74, 6) is 0. The third-order valence-electron chi connectivity index (χ3n) is 3.04. The topological polar surface area (TPSA) is 0 Å². The van der Waals surface area contributed by atoms with Crippen molar-refractivity contribution in [2.24, 2.45) is 0 Å². The first-order valence-corrected chi connectivity index (χ1v) is 12.8. The number of alkyl halides is 4. The number of rotatable bonds is 3. The molecule has 0 heterocycles. The van der Waals surface area contributed by atoms with Gasteiger partial charge in [0, 0.05) is 0 Å². The second-order valence-electron chi connectivity index (χ2n) is 4.77. The fraction of sp³-hybridized carbons (Fsp3) is 0.0526. The molecule has 0 saturated carbocycles. The molecule has 0 aliphatic heterocycles. The first-order chi connectivity index (χ1) is 11.4. The van der Waals surface area contributed by atoms with E-state index < -0.39 is 7.92 Å². The highest BCUT2D eigenvalue weighted by molar-refractivity contribution is 14.4. The molecule has 0 N–H and O–H groups in total. The lowest BCUT2D eigenvalue weighted by Crippen LogP contribution is -2.20. The summed E-state index contributed by atoms with van der Waals surface area (Å²) >= 11 is 9.35. The quantitative estimate of drug-likeness (QED) is 0.156. The molecule has 0 aromatic heterocycles. The van der Waals surface area contributed by atoms with E-state index in [-0.39, 0.29) is 0 Å². The van der Waals surface area contributed by atoms with Crippen molar-refractivity contribution in [1.82, 2.24) is 0 Å². The van der Waals surface area contributed by atoms with Crippen LogP contribution in [0.5, 0.6) is 0 Å². The first-order valence-electron chi connectivity index (χ1n) is 7.16. The Hall–Kier alpha value is 1.01. The average molecular weight is 782 g/mol. The summed E-state index contributed by atoms with van der Waals surface area (Å²) in [5.41, 5.74) is 0. The van der Waals surface area contributed by atoms with E-state index in [2.05, 4.69) is 181 Å². The molecule has 3 aromatic rings. The van der Waals surface area contributed by atoms with Crippen LogP contribution in [0, 0.1) is 0 Å². The van der Waals surface area contributed by atoms with Gasteiger partial charge in [0.1, 0.15) is 0 Å². The number of halogens is 4. The zero-order chi connectivity index (χ0) is 17.4. The second kappa shape index (κ2) is 11.0. The molecule has 0 atom stereocenters. The Morgan fingerprint density at radius 1 is 0.458 bits per heavy atom. The highest BCUT2D eigenvalue weighted by atomic mass is 127. The maximum Gasteiger partial charge on any atom is 0.174 e. The Morgan fingerprint density at radius 2 is 0.667 bits per heavy atom. The Bertz CT molecular complexity index is 613. The summed E-state index contributed by atoms with van der Waals surface area (Å²) in [5, 5.41) is 4.19. The lowest BCUT2D eigenvalue weighted by Gasteiger charge is -2.18. The SMILES string of the molecule is IC(I)(I)I.c1ccc(P(c2ccccc2)c2ccccc2)cc1. The Labute approximate surface area is 199 Å². The van der Waals surface area contributed by atoms with Crippen molar-refractivity contribution in [3.63, 3.8) is 0 Å². The van der Waals surface area contributed by atoms with Gasteiger partial charge in [0.25, 0.3) is 0 Å². The zero-order valence-corrected chi connectivity index (χ0v) is 22.1. The molecule has 0 bridgehead atoms. The van der Waals surface area contributed by atoms with E-state index in [1.807, 2.05) is 0 Å². The standard InChI is InChI=1S/C18H15P.CI4/c1-4-10-16(11-5-1)19(17-12-6-2-7-13-17)18-14-8-3-9-15-18;2-1(3,4)5/h1-15H;. The highest BCUT2D eigenvalue weighted by Gasteiger charge is 2.14. The molecule has 0 aliphatic carbocycles. The molecular formula is C19H15I4P. The second-order valence-corrected chi connectivity index (χ2v) is 25.8.